The van der Waals surface area contributed by atoms with Crippen LogP contribution < -0.4 is 20.8 Å². The van der Waals surface area contributed by atoms with Crippen molar-refractivity contribution in [3.63, 3.8) is 0 Å². The van der Waals surface area contributed by atoms with Crippen molar-refractivity contribution in [2.75, 3.05) is 32.1 Å². The fourth-order valence-electron chi connectivity index (χ4n) is 9.27. The molecule has 9 atom stereocenters. The first-order valence-electron chi connectivity index (χ1n) is 21.2. The SMILES string of the molecule is CO[C@H]1/C=C/O[C@@]2(C)Oc3c(O)c(C)c4c(O)c(c5c(c4c3C2=O)NC2(CCN(CC(C)C)CC2)N=5)=NC(=O)/C(C)=C\C=C\[C@H](C)[C@H](O)[C@@H](C)[C@@H](O)[C@@H](C)[C@H](OC(C)=O)[C@@H]1C. The van der Waals surface area contributed by atoms with Gasteiger partial charge in [-0.25, -0.2) is 4.99 Å². The highest BCUT2D eigenvalue weighted by atomic mass is 16.7. The number of aliphatic hydroxyl groups excluding tert-OH is 2. The summed E-state index contributed by atoms with van der Waals surface area (Å²) in [6, 6.07) is 0. The van der Waals surface area contributed by atoms with Gasteiger partial charge < -0.3 is 49.6 Å². The first-order chi connectivity index (χ1) is 28.6. The number of amides is 1. The van der Waals surface area contributed by atoms with Crippen LogP contribution in [0.15, 0.2) is 46.1 Å². The number of allylic oxidation sites excluding steroid dienone is 2. The molecule has 2 aromatic rings. The van der Waals surface area contributed by atoms with Crippen LogP contribution in [-0.2, 0) is 23.8 Å². The fourth-order valence-corrected chi connectivity index (χ4v) is 9.27. The number of methoxy groups -OCH3 is 1. The molecule has 4 bridgehead atoms. The molecule has 332 valence electrons. The van der Waals surface area contributed by atoms with Gasteiger partial charge in [-0.05, 0) is 25.8 Å². The van der Waals surface area contributed by atoms with Crippen LogP contribution >= 0.6 is 0 Å². The van der Waals surface area contributed by atoms with Gasteiger partial charge in [0, 0.05) is 99.0 Å². The number of aryl methyl sites for hydroxylation is 1. The Morgan fingerprint density at radius 2 is 1.66 bits per heavy atom. The monoisotopic (exact) mass is 846 g/mol. The first-order valence-corrected chi connectivity index (χ1v) is 21.2. The molecule has 4 heterocycles. The van der Waals surface area contributed by atoms with Gasteiger partial charge in [-0.2, -0.15) is 0 Å². The number of rotatable bonds is 4. The number of anilines is 1. The van der Waals surface area contributed by atoms with E-state index in [9.17, 15) is 34.8 Å². The topological polar surface area (TPSA) is 209 Å². The number of aromatic hydroxyl groups is 2. The van der Waals surface area contributed by atoms with E-state index in [0.717, 1.165) is 19.6 Å². The van der Waals surface area contributed by atoms with E-state index >= 15 is 0 Å². The summed E-state index contributed by atoms with van der Waals surface area (Å²) in [5.74, 6) is -6.79. The number of nitrogens with one attached hydrogen (secondary N) is 1. The van der Waals surface area contributed by atoms with Crippen LogP contribution in [0, 0.1) is 36.5 Å². The lowest BCUT2D eigenvalue weighted by Crippen LogP contribution is -2.47. The molecule has 6 rings (SSSR count). The van der Waals surface area contributed by atoms with E-state index in [1.54, 1.807) is 59.8 Å². The zero-order chi connectivity index (χ0) is 44.9. The van der Waals surface area contributed by atoms with Crippen molar-refractivity contribution < 1.29 is 53.8 Å². The predicted molar refractivity (Wildman–Crippen MR) is 228 cm³/mol. The zero-order valence-electron chi connectivity index (χ0n) is 37.1. The molecule has 0 radical (unpaired) electrons. The molecule has 2 aromatic carbocycles. The summed E-state index contributed by atoms with van der Waals surface area (Å²) in [7, 11) is 1.46. The summed E-state index contributed by atoms with van der Waals surface area (Å²) in [6.07, 6.45) is 5.07. The maximum atomic E-state index is 14.7. The second-order valence-electron chi connectivity index (χ2n) is 18.0. The number of piperidine rings is 1. The second-order valence-corrected chi connectivity index (χ2v) is 18.0. The van der Waals surface area contributed by atoms with Crippen LogP contribution in [0.4, 0.5) is 5.69 Å². The lowest BCUT2D eigenvalue weighted by molar-refractivity contribution is -0.160. The molecule has 4 aliphatic heterocycles. The molecule has 5 N–H and O–H groups in total. The van der Waals surface area contributed by atoms with Crippen LogP contribution in [0.25, 0.3) is 10.8 Å². The molecular weight excluding hydrogens is 785 g/mol. The number of hydrogen-bond acceptors (Lipinski definition) is 14. The van der Waals surface area contributed by atoms with Gasteiger partial charge in [0.05, 0.1) is 35.8 Å². The second kappa shape index (κ2) is 17.5. The average molecular weight is 847 g/mol. The largest absolute Gasteiger partial charge is 0.505 e. The van der Waals surface area contributed by atoms with E-state index in [-0.39, 0.29) is 43.9 Å². The first kappa shape index (κ1) is 45.7. The number of esters is 1. The van der Waals surface area contributed by atoms with E-state index < -0.39 is 88.7 Å². The number of aliphatic hydroxyl groups is 2. The number of nitrogens with zero attached hydrogens (tertiary/aromatic N) is 3. The Labute approximate surface area is 356 Å². The molecule has 1 spiro atoms. The highest BCUT2D eigenvalue weighted by Crippen LogP contribution is 2.52. The predicted octanol–water partition coefficient (Wildman–Crippen LogP) is 4.75. The standard InChI is InChI=1S/C46H62N4O11/c1-22(2)21-50-18-16-46(17-19-50)48-34-32-31-26(6)39(54)42-33(32)43(56)45(10,61-42)59-20-15-30(58-11)25(5)41(60-29(9)51)28(8)38(53)27(7)37(52)23(3)13-12-14-24(4)44(57)47-36(40(31)55)35(34)49-46/h12-15,20,22-23,25,27-28,30,37-38,41,48,52-55H,16-19,21H2,1-11H3/b13-12+,20-15+,24-14-,47-36?/t23-,25+,27+,28+,30-,37-,38+,41+,45-/m0/s1. The Bertz CT molecular complexity index is 2300. The minimum absolute atomic E-state index is 0.0362. The summed E-state index contributed by atoms with van der Waals surface area (Å²) in [5, 5.41) is 50.8. The van der Waals surface area contributed by atoms with Crippen LogP contribution in [0.3, 0.4) is 0 Å². The Morgan fingerprint density at radius 3 is 2.28 bits per heavy atom. The fraction of sp³-hybridized carbons (Fsp3) is 0.587. The van der Waals surface area contributed by atoms with Crippen LogP contribution in [0.1, 0.15) is 91.1 Å². The summed E-state index contributed by atoms with van der Waals surface area (Å²) >= 11 is 0. The van der Waals surface area contributed by atoms with Gasteiger partial charge in [-0.3, -0.25) is 19.4 Å². The van der Waals surface area contributed by atoms with Crippen molar-refractivity contribution in [3.8, 4) is 17.2 Å². The number of phenols is 2. The number of likely N-dealkylation sites (tertiary alicyclic amines) is 1. The number of phenolic OH excluding ortho intramolecular Hbond substituents is 2. The van der Waals surface area contributed by atoms with Gasteiger partial charge in [-0.15, -0.1) is 0 Å². The quantitative estimate of drug-likeness (QED) is 0.208. The van der Waals surface area contributed by atoms with E-state index in [1.165, 1.54) is 33.3 Å². The Hall–Kier alpha value is -4.83. The number of fused-ring (bicyclic) bond motifs is 1. The number of carbonyl (C=O) groups excluding carboxylic acids is 3. The van der Waals surface area contributed by atoms with Gasteiger partial charge in [-0.1, -0.05) is 59.8 Å². The number of Topliss-reactive ketones (excluding diaryl/α,β-unsaturated/α-hetero) is 1. The number of benzene rings is 2. The Kier molecular flexibility index (Phi) is 13.1. The van der Waals surface area contributed by atoms with Gasteiger partial charge >= 0.3 is 11.8 Å². The molecule has 0 aromatic heterocycles. The number of hydrogen-bond donors (Lipinski definition) is 5. The maximum absolute atomic E-state index is 14.7. The summed E-state index contributed by atoms with van der Waals surface area (Å²) in [6.45, 7) is 19.6. The lowest BCUT2D eigenvalue weighted by Gasteiger charge is -2.38. The smallest absolute Gasteiger partial charge is 0.312 e. The van der Waals surface area contributed by atoms with E-state index in [0.29, 0.717) is 24.4 Å². The molecule has 0 aliphatic carbocycles. The van der Waals surface area contributed by atoms with Crippen molar-refractivity contribution in [3.05, 3.63) is 58.0 Å². The van der Waals surface area contributed by atoms with Crippen LogP contribution in [-0.4, -0.2) is 106 Å². The van der Waals surface area contributed by atoms with Gasteiger partial charge in [0.25, 0.3) is 11.7 Å². The number of carbonyl (C=O) groups is 3. The van der Waals surface area contributed by atoms with Crippen molar-refractivity contribution in [2.24, 2.45) is 39.6 Å². The molecule has 1 amide bonds. The van der Waals surface area contributed by atoms with Gasteiger partial charge in [0.2, 0.25) is 0 Å². The van der Waals surface area contributed by atoms with Crippen LogP contribution in [0.5, 0.6) is 17.2 Å². The summed E-state index contributed by atoms with van der Waals surface area (Å²) in [4.78, 5) is 52.9. The number of ketones is 1. The summed E-state index contributed by atoms with van der Waals surface area (Å²) in [5.41, 5.74) is -0.0924. The van der Waals surface area contributed by atoms with Crippen molar-refractivity contribution in [1.82, 2.24) is 4.90 Å². The van der Waals surface area contributed by atoms with Crippen molar-refractivity contribution in [2.45, 2.75) is 118 Å². The minimum Gasteiger partial charge on any atom is -0.505 e. The molecule has 15 nitrogen and oxygen atoms in total. The minimum atomic E-state index is -2.00. The Balaban J connectivity index is 1.55. The van der Waals surface area contributed by atoms with E-state index in [4.69, 9.17) is 23.9 Å². The molecule has 61 heavy (non-hydrogen) atoms. The average Bonchev–Trinajstić information content (AvgIpc) is 3.71. The third-order valence-electron chi connectivity index (χ3n) is 12.9. The molecule has 1 fully saturated rings. The zero-order valence-corrected chi connectivity index (χ0v) is 37.1. The van der Waals surface area contributed by atoms with Gasteiger partial charge in [0.1, 0.15) is 22.5 Å². The molecular formula is C46H62N4O11. The molecule has 4 aliphatic rings. The number of ether oxygens (including phenoxy) is 4. The molecule has 0 unspecified atom stereocenters. The summed E-state index contributed by atoms with van der Waals surface area (Å²) < 4.78 is 23.9. The molecule has 0 saturated carbocycles. The van der Waals surface area contributed by atoms with Crippen molar-refractivity contribution >= 4 is 34.1 Å². The van der Waals surface area contributed by atoms with E-state index in [1.807, 2.05) is 0 Å². The highest BCUT2D eigenvalue weighted by Gasteiger charge is 2.51. The van der Waals surface area contributed by atoms with Crippen molar-refractivity contribution in [1.29, 1.82) is 0 Å². The molecule has 1 saturated heterocycles. The highest BCUT2D eigenvalue weighted by molar-refractivity contribution is 6.21. The molecule has 15 heteroatoms. The van der Waals surface area contributed by atoms with E-state index in [2.05, 4.69) is 29.1 Å². The lowest BCUT2D eigenvalue weighted by atomic mass is 9.78. The Morgan fingerprint density at radius 1 is 0.984 bits per heavy atom. The third kappa shape index (κ3) is 8.54. The normalized spacial score (nSPS) is 32.7. The third-order valence-corrected chi connectivity index (χ3v) is 12.9. The maximum Gasteiger partial charge on any atom is 0.312 e. The van der Waals surface area contributed by atoms with Crippen LogP contribution in [0.2, 0.25) is 0 Å². The van der Waals surface area contributed by atoms with Gasteiger partial charge in [0.15, 0.2) is 17.2 Å².